The molecule has 2 atom stereocenters. The van der Waals surface area contributed by atoms with Gasteiger partial charge in [-0.05, 0) is 54.4 Å². The molecule has 0 radical (unpaired) electrons. The van der Waals surface area contributed by atoms with E-state index in [0.717, 1.165) is 11.3 Å². The Balaban J connectivity index is 2.91. The Morgan fingerprint density at radius 3 is 2.53 bits per heavy atom. The normalized spacial score (nSPS) is 14.8. The fourth-order valence-electron chi connectivity index (χ4n) is 1.17. The Bertz CT molecular complexity index is 355. The lowest BCUT2D eigenvalue weighted by Crippen LogP contribution is -2.28. The van der Waals surface area contributed by atoms with Crippen molar-refractivity contribution in [3.05, 3.63) is 28.0 Å². The van der Waals surface area contributed by atoms with Gasteiger partial charge in [-0.3, -0.25) is 0 Å². The molecule has 0 saturated heterocycles. The molecule has 0 aliphatic heterocycles. The maximum atomic E-state index is 13.1. The largest absolute Gasteiger partial charge is 0.391 e. The molecule has 84 valence electrons. The second kappa shape index (κ2) is 4.94. The van der Waals surface area contributed by atoms with E-state index in [1.165, 1.54) is 6.07 Å². The summed E-state index contributed by atoms with van der Waals surface area (Å²) in [6.07, 6.45) is -0.451. The summed E-state index contributed by atoms with van der Waals surface area (Å²) >= 11 is 3.13. The summed E-state index contributed by atoms with van der Waals surface area (Å²) in [5.74, 6) is -0.275. The number of aliphatic hydroxyl groups is 1. The van der Waals surface area contributed by atoms with Crippen LogP contribution in [-0.2, 0) is 0 Å². The molecule has 0 saturated carbocycles. The highest BCUT2D eigenvalue weighted by Gasteiger charge is 2.11. The highest BCUT2D eigenvalue weighted by Crippen LogP contribution is 2.24. The Morgan fingerprint density at radius 2 is 2.00 bits per heavy atom. The molecule has 1 aromatic rings. The van der Waals surface area contributed by atoms with Gasteiger partial charge in [-0.25, -0.2) is 4.39 Å². The van der Waals surface area contributed by atoms with Gasteiger partial charge in [0.1, 0.15) is 5.82 Å². The van der Waals surface area contributed by atoms with Crippen molar-refractivity contribution in [2.24, 2.45) is 0 Å². The minimum absolute atomic E-state index is 0.0685. The van der Waals surface area contributed by atoms with Gasteiger partial charge >= 0.3 is 0 Å². The first kappa shape index (κ1) is 12.5. The minimum atomic E-state index is -0.451. The number of halogens is 2. The lowest BCUT2D eigenvalue weighted by atomic mass is 10.1. The molecule has 4 heteroatoms. The van der Waals surface area contributed by atoms with Crippen molar-refractivity contribution in [1.29, 1.82) is 0 Å². The summed E-state index contributed by atoms with van der Waals surface area (Å²) in [5.41, 5.74) is 1.65. The molecular weight excluding hydrogens is 261 g/mol. The monoisotopic (exact) mass is 275 g/mol. The van der Waals surface area contributed by atoms with Crippen LogP contribution >= 0.6 is 15.9 Å². The molecule has 2 N–H and O–H groups in total. The van der Waals surface area contributed by atoms with Crippen molar-refractivity contribution < 1.29 is 9.50 Å². The number of anilines is 1. The van der Waals surface area contributed by atoms with E-state index in [9.17, 15) is 9.50 Å². The van der Waals surface area contributed by atoms with Crippen molar-refractivity contribution >= 4 is 21.6 Å². The van der Waals surface area contributed by atoms with Crippen LogP contribution in [0.1, 0.15) is 19.4 Å². The van der Waals surface area contributed by atoms with Gasteiger partial charge in [-0.2, -0.15) is 0 Å². The van der Waals surface area contributed by atoms with E-state index in [1.807, 2.05) is 13.8 Å². The first-order chi connectivity index (χ1) is 6.91. The van der Waals surface area contributed by atoms with Crippen LogP contribution in [0.5, 0.6) is 0 Å². The van der Waals surface area contributed by atoms with E-state index in [4.69, 9.17) is 0 Å². The summed E-state index contributed by atoms with van der Waals surface area (Å²) in [5, 5.41) is 12.5. The highest BCUT2D eigenvalue weighted by molar-refractivity contribution is 9.10. The van der Waals surface area contributed by atoms with Gasteiger partial charge in [0.25, 0.3) is 0 Å². The molecule has 0 aliphatic carbocycles. The van der Waals surface area contributed by atoms with E-state index in [-0.39, 0.29) is 11.9 Å². The fraction of sp³-hybridized carbons (Fsp3) is 0.455. The third-order valence-corrected chi connectivity index (χ3v) is 2.98. The van der Waals surface area contributed by atoms with Crippen LogP contribution in [0.25, 0.3) is 0 Å². The van der Waals surface area contributed by atoms with Crippen LogP contribution in [0.4, 0.5) is 10.1 Å². The predicted molar refractivity (Wildman–Crippen MR) is 63.6 cm³/mol. The molecule has 0 bridgehead atoms. The smallest absolute Gasteiger partial charge is 0.137 e. The second-order valence-electron chi connectivity index (χ2n) is 3.75. The first-order valence-corrected chi connectivity index (χ1v) is 5.61. The number of hydrogen-bond acceptors (Lipinski definition) is 2. The number of rotatable bonds is 3. The number of benzene rings is 1. The Hall–Kier alpha value is -0.610. The number of aryl methyl sites for hydroxylation is 1. The Labute approximate surface area is 97.6 Å². The third kappa shape index (κ3) is 3.18. The number of aliphatic hydroxyl groups excluding tert-OH is 1. The van der Waals surface area contributed by atoms with Gasteiger partial charge in [0.2, 0.25) is 0 Å². The molecule has 1 rings (SSSR count). The maximum absolute atomic E-state index is 13.1. The molecule has 2 unspecified atom stereocenters. The standard InChI is InChI=1S/C11H15BrFNO/c1-6-4-10(13)9(12)5-11(6)14-7(2)8(3)15/h4-5,7-8,14-15H,1-3H3. The Morgan fingerprint density at radius 1 is 1.40 bits per heavy atom. The molecule has 15 heavy (non-hydrogen) atoms. The summed E-state index contributed by atoms with van der Waals surface area (Å²) < 4.78 is 13.6. The molecule has 0 fully saturated rings. The molecule has 0 aromatic heterocycles. The first-order valence-electron chi connectivity index (χ1n) is 4.82. The molecule has 2 nitrogen and oxygen atoms in total. The Kier molecular flexibility index (Phi) is 4.11. The van der Waals surface area contributed by atoms with Crippen LogP contribution < -0.4 is 5.32 Å². The zero-order valence-electron chi connectivity index (χ0n) is 9.01. The van der Waals surface area contributed by atoms with Gasteiger partial charge in [0.15, 0.2) is 0 Å². The number of nitrogens with one attached hydrogen (secondary N) is 1. The highest BCUT2D eigenvalue weighted by atomic mass is 79.9. The van der Waals surface area contributed by atoms with E-state index < -0.39 is 6.10 Å². The summed E-state index contributed by atoms with van der Waals surface area (Å²) in [7, 11) is 0. The lowest BCUT2D eigenvalue weighted by Gasteiger charge is -2.19. The predicted octanol–water partition coefficient (Wildman–Crippen LogP) is 3.08. The van der Waals surface area contributed by atoms with Crippen molar-refractivity contribution in [2.45, 2.75) is 32.9 Å². The van der Waals surface area contributed by atoms with Gasteiger partial charge in [0.05, 0.1) is 10.6 Å². The van der Waals surface area contributed by atoms with Gasteiger partial charge in [-0.1, -0.05) is 0 Å². The lowest BCUT2D eigenvalue weighted by molar-refractivity contribution is 0.178. The van der Waals surface area contributed by atoms with Crippen molar-refractivity contribution in [3.63, 3.8) is 0 Å². The average molecular weight is 276 g/mol. The zero-order valence-corrected chi connectivity index (χ0v) is 10.6. The SMILES string of the molecule is Cc1cc(F)c(Br)cc1NC(C)C(C)O. The van der Waals surface area contributed by atoms with Crippen LogP contribution in [0.15, 0.2) is 16.6 Å². The average Bonchev–Trinajstić information content (AvgIpc) is 2.13. The van der Waals surface area contributed by atoms with Gasteiger partial charge in [0, 0.05) is 11.7 Å². The van der Waals surface area contributed by atoms with E-state index in [1.54, 1.807) is 13.0 Å². The molecular formula is C11H15BrFNO. The molecule has 0 aliphatic rings. The van der Waals surface area contributed by atoms with Crippen molar-refractivity contribution in [1.82, 2.24) is 0 Å². The quantitative estimate of drug-likeness (QED) is 0.889. The van der Waals surface area contributed by atoms with Gasteiger partial charge in [-0.15, -0.1) is 0 Å². The third-order valence-electron chi connectivity index (χ3n) is 2.37. The fourth-order valence-corrected chi connectivity index (χ4v) is 1.51. The van der Waals surface area contributed by atoms with Crippen LogP contribution in [0.3, 0.4) is 0 Å². The summed E-state index contributed by atoms with van der Waals surface area (Å²) in [6, 6.07) is 3.08. The van der Waals surface area contributed by atoms with E-state index >= 15 is 0 Å². The second-order valence-corrected chi connectivity index (χ2v) is 4.61. The molecule has 0 spiro atoms. The van der Waals surface area contributed by atoms with E-state index in [2.05, 4.69) is 21.2 Å². The minimum Gasteiger partial charge on any atom is -0.391 e. The van der Waals surface area contributed by atoms with Crippen LogP contribution in [-0.4, -0.2) is 17.3 Å². The maximum Gasteiger partial charge on any atom is 0.137 e. The van der Waals surface area contributed by atoms with Crippen LogP contribution in [0.2, 0.25) is 0 Å². The van der Waals surface area contributed by atoms with E-state index in [0.29, 0.717) is 4.47 Å². The van der Waals surface area contributed by atoms with Gasteiger partial charge < -0.3 is 10.4 Å². The van der Waals surface area contributed by atoms with Crippen LogP contribution in [0, 0.1) is 12.7 Å². The summed E-state index contributed by atoms with van der Waals surface area (Å²) in [4.78, 5) is 0. The molecule has 0 heterocycles. The zero-order chi connectivity index (χ0) is 11.6. The van der Waals surface area contributed by atoms with Crippen molar-refractivity contribution in [2.75, 3.05) is 5.32 Å². The molecule has 1 aromatic carbocycles. The summed E-state index contributed by atoms with van der Waals surface area (Å²) in [6.45, 7) is 5.42. The molecule has 0 amide bonds. The van der Waals surface area contributed by atoms with Crippen molar-refractivity contribution in [3.8, 4) is 0 Å². The topological polar surface area (TPSA) is 32.3 Å². The number of hydrogen-bond donors (Lipinski definition) is 2.